The molecule has 0 aliphatic rings. The maximum atomic E-state index is 11.5. The van der Waals surface area contributed by atoms with E-state index in [1.54, 1.807) is 13.2 Å². The summed E-state index contributed by atoms with van der Waals surface area (Å²) in [4.78, 5) is 12.0. The molecule has 1 amide bonds. The Hall–Kier alpha value is -0.290. The largest absolute Gasteiger partial charge is 0.385 e. The number of rotatable bonds is 5. The van der Waals surface area contributed by atoms with Crippen LogP contribution in [0.1, 0.15) is 16.1 Å². The van der Waals surface area contributed by atoms with Gasteiger partial charge in [0.05, 0.1) is 9.90 Å². The Morgan fingerprint density at radius 2 is 2.33 bits per heavy atom. The Morgan fingerprint density at radius 3 is 2.87 bits per heavy atom. The van der Waals surface area contributed by atoms with E-state index in [0.717, 1.165) is 6.42 Å². The van der Waals surface area contributed by atoms with Gasteiger partial charge >= 0.3 is 0 Å². The summed E-state index contributed by atoms with van der Waals surface area (Å²) in [6.07, 6.45) is 0.787. The monoisotopic (exact) mass is 267 g/mol. The number of amides is 1. The van der Waals surface area contributed by atoms with Crippen LogP contribution in [0.2, 0.25) is 9.36 Å². The van der Waals surface area contributed by atoms with E-state index in [9.17, 15) is 4.79 Å². The smallest absolute Gasteiger partial charge is 0.261 e. The number of thiophene rings is 1. The van der Waals surface area contributed by atoms with Gasteiger partial charge in [-0.1, -0.05) is 23.2 Å². The molecule has 3 nitrogen and oxygen atoms in total. The van der Waals surface area contributed by atoms with Crippen LogP contribution in [-0.2, 0) is 4.74 Å². The Morgan fingerprint density at radius 1 is 1.60 bits per heavy atom. The second-order valence-electron chi connectivity index (χ2n) is 2.83. The minimum atomic E-state index is -0.148. The number of hydrogen-bond acceptors (Lipinski definition) is 3. The first-order valence-electron chi connectivity index (χ1n) is 4.37. The number of hydrogen-bond donors (Lipinski definition) is 1. The van der Waals surface area contributed by atoms with E-state index in [1.165, 1.54) is 11.3 Å². The van der Waals surface area contributed by atoms with Crippen molar-refractivity contribution in [2.24, 2.45) is 0 Å². The van der Waals surface area contributed by atoms with Crippen LogP contribution in [0, 0.1) is 0 Å². The van der Waals surface area contributed by atoms with E-state index in [2.05, 4.69) is 5.32 Å². The average molecular weight is 268 g/mol. The molecule has 0 fully saturated rings. The van der Waals surface area contributed by atoms with Crippen LogP contribution >= 0.6 is 34.5 Å². The van der Waals surface area contributed by atoms with Crippen LogP contribution < -0.4 is 5.32 Å². The summed E-state index contributed by atoms with van der Waals surface area (Å²) in [5.74, 6) is -0.148. The molecular formula is C9H11Cl2NO2S. The fourth-order valence-corrected chi connectivity index (χ4v) is 2.25. The zero-order chi connectivity index (χ0) is 11.3. The fraction of sp³-hybridized carbons (Fsp3) is 0.444. The van der Waals surface area contributed by atoms with E-state index in [0.29, 0.717) is 27.4 Å². The van der Waals surface area contributed by atoms with Crippen LogP contribution in [0.15, 0.2) is 6.07 Å². The summed E-state index contributed by atoms with van der Waals surface area (Å²) < 4.78 is 5.30. The van der Waals surface area contributed by atoms with Gasteiger partial charge in [-0.15, -0.1) is 11.3 Å². The number of carbonyl (C=O) groups is 1. The first-order valence-corrected chi connectivity index (χ1v) is 5.94. The summed E-state index contributed by atoms with van der Waals surface area (Å²) in [6.45, 7) is 1.21. The van der Waals surface area contributed by atoms with Crippen LogP contribution in [0.3, 0.4) is 0 Å². The number of ether oxygens (including phenoxy) is 1. The second kappa shape index (κ2) is 6.33. The van der Waals surface area contributed by atoms with E-state index in [1.807, 2.05) is 0 Å². The van der Waals surface area contributed by atoms with E-state index in [4.69, 9.17) is 27.9 Å². The third-order valence-electron chi connectivity index (χ3n) is 1.68. The molecule has 0 saturated carbocycles. The van der Waals surface area contributed by atoms with Crippen LogP contribution in [0.4, 0.5) is 0 Å². The zero-order valence-electron chi connectivity index (χ0n) is 8.18. The molecule has 1 rings (SSSR count). The van der Waals surface area contributed by atoms with Gasteiger partial charge in [0.25, 0.3) is 5.91 Å². The highest BCUT2D eigenvalue weighted by Gasteiger charge is 2.11. The van der Waals surface area contributed by atoms with Crippen molar-refractivity contribution in [3.05, 3.63) is 20.3 Å². The number of methoxy groups -OCH3 is 1. The third kappa shape index (κ3) is 3.99. The van der Waals surface area contributed by atoms with Gasteiger partial charge in [-0.25, -0.2) is 0 Å². The summed E-state index contributed by atoms with van der Waals surface area (Å²) in [5, 5.41) is 3.17. The van der Waals surface area contributed by atoms with E-state index < -0.39 is 0 Å². The summed E-state index contributed by atoms with van der Waals surface area (Å²) >= 11 is 12.7. The SMILES string of the molecule is COCCCNC(=O)c1cc(Cl)c(Cl)s1. The van der Waals surface area contributed by atoms with Crippen LogP contribution in [-0.4, -0.2) is 26.2 Å². The standard InChI is InChI=1S/C9H11Cl2NO2S/c1-14-4-2-3-12-9(13)7-5-6(10)8(11)15-7/h5H,2-4H2,1H3,(H,12,13). The van der Waals surface area contributed by atoms with Crippen LogP contribution in [0.25, 0.3) is 0 Å². The zero-order valence-corrected chi connectivity index (χ0v) is 10.5. The van der Waals surface area contributed by atoms with Gasteiger partial charge in [-0.05, 0) is 12.5 Å². The van der Waals surface area contributed by atoms with Gasteiger partial charge in [-0.3, -0.25) is 4.79 Å². The van der Waals surface area contributed by atoms with Gasteiger partial charge in [0, 0.05) is 20.3 Å². The molecule has 15 heavy (non-hydrogen) atoms. The third-order valence-corrected chi connectivity index (χ3v) is 3.54. The summed E-state index contributed by atoms with van der Waals surface area (Å²) in [5.41, 5.74) is 0. The number of nitrogens with one attached hydrogen (secondary N) is 1. The number of carbonyl (C=O) groups excluding carboxylic acids is 1. The molecule has 1 heterocycles. The van der Waals surface area contributed by atoms with E-state index in [-0.39, 0.29) is 5.91 Å². The van der Waals surface area contributed by atoms with Crippen molar-refractivity contribution in [1.29, 1.82) is 0 Å². The fourth-order valence-electron chi connectivity index (χ4n) is 0.964. The van der Waals surface area contributed by atoms with Gasteiger partial charge in [0.1, 0.15) is 4.34 Å². The van der Waals surface area contributed by atoms with Gasteiger partial charge in [-0.2, -0.15) is 0 Å². The Labute approximate surface area is 102 Å². The first kappa shape index (κ1) is 12.8. The van der Waals surface area contributed by atoms with Crippen molar-refractivity contribution < 1.29 is 9.53 Å². The molecule has 1 N–H and O–H groups in total. The topological polar surface area (TPSA) is 38.3 Å². The molecule has 1 aromatic rings. The quantitative estimate of drug-likeness (QED) is 0.834. The minimum Gasteiger partial charge on any atom is -0.385 e. The first-order chi connectivity index (χ1) is 7.15. The number of halogens is 2. The molecule has 6 heteroatoms. The highest BCUT2D eigenvalue weighted by molar-refractivity contribution is 7.18. The van der Waals surface area contributed by atoms with Crippen molar-refractivity contribution in [2.45, 2.75) is 6.42 Å². The highest BCUT2D eigenvalue weighted by Crippen LogP contribution is 2.31. The van der Waals surface area contributed by atoms with Crippen molar-refractivity contribution in [3.8, 4) is 0 Å². The predicted molar refractivity (Wildman–Crippen MR) is 63.2 cm³/mol. The highest BCUT2D eigenvalue weighted by atomic mass is 35.5. The van der Waals surface area contributed by atoms with Crippen molar-refractivity contribution in [1.82, 2.24) is 5.32 Å². The van der Waals surface area contributed by atoms with Crippen molar-refractivity contribution in [3.63, 3.8) is 0 Å². The Kier molecular flexibility index (Phi) is 5.39. The molecule has 0 atom stereocenters. The van der Waals surface area contributed by atoms with Crippen molar-refractivity contribution >= 4 is 40.4 Å². The van der Waals surface area contributed by atoms with E-state index >= 15 is 0 Å². The van der Waals surface area contributed by atoms with Gasteiger partial charge in [0.2, 0.25) is 0 Å². The molecule has 0 radical (unpaired) electrons. The predicted octanol–water partition coefficient (Wildman–Crippen LogP) is 2.82. The lowest BCUT2D eigenvalue weighted by Crippen LogP contribution is -2.24. The molecule has 0 unspecified atom stereocenters. The molecule has 1 aromatic heterocycles. The normalized spacial score (nSPS) is 10.3. The molecule has 0 aliphatic carbocycles. The van der Waals surface area contributed by atoms with Gasteiger partial charge in [0.15, 0.2) is 0 Å². The lowest BCUT2D eigenvalue weighted by Gasteiger charge is -2.01. The molecule has 0 spiro atoms. The second-order valence-corrected chi connectivity index (χ2v) is 4.90. The molecule has 0 bridgehead atoms. The summed E-state index contributed by atoms with van der Waals surface area (Å²) in [7, 11) is 1.63. The van der Waals surface area contributed by atoms with Crippen LogP contribution in [0.5, 0.6) is 0 Å². The molecule has 0 aromatic carbocycles. The lowest BCUT2D eigenvalue weighted by molar-refractivity contribution is 0.0952. The van der Waals surface area contributed by atoms with Gasteiger partial charge < -0.3 is 10.1 Å². The molecular weight excluding hydrogens is 257 g/mol. The Bertz CT molecular complexity index is 321. The maximum Gasteiger partial charge on any atom is 0.261 e. The minimum absolute atomic E-state index is 0.148. The summed E-state index contributed by atoms with van der Waals surface area (Å²) in [6, 6.07) is 1.57. The average Bonchev–Trinajstić information content (AvgIpc) is 2.54. The lowest BCUT2D eigenvalue weighted by atomic mass is 10.4. The van der Waals surface area contributed by atoms with Crippen molar-refractivity contribution in [2.75, 3.05) is 20.3 Å². The maximum absolute atomic E-state index is 11.5. The Balaban J connectivity index is 2.40. The molecule has 0 aliphatic heterocycles. The molecule has 0 saturated heterocycles. The molecule has 84 valence electrons.